The number of aliphatic carboxylic acids is 1. The average molecular weight is 449 g/mol. The number of phenols is 1. The number of rotatable bonds is 10. The van der Waals surface area contributed by atoms with Gasteiger partial charge in [0.1, 0.15) is 23.9 Å². The van der Waals surface area contributed by atoms with Gasteiger partial charge in [0.05, 0.1) is 6.04 Å². The Morgan fingerprint density at radius 2 is 1.69 bits per heavy atom. The predicted octanol–water partition coefficient (Wildman–Crippen LogP) is -0.0984. The molecule has 4 unspecified atom stereocenters. The highest BCUT2D eigenvalue weighted by molar-refractivity contribution is 5.94. The van der Waals surface area contributed by atoms with Gasteiger partial charge in [-0.25, -0.2) is 4.79 Å². The molecule has 6 N–H and O–H groups in total. The second-order valence-electron chi connectivity index (χ2n) is 8.38. The molecule has 10 nitrogen and oxygen atoms in total. The van der Waals surface area contributed by atoms with Crippen molar-refractivity contribution < 1.29 is 29.4 Å². The first-order chi connectivity index (χ1) is 15.1. The van der Waals surface area contributed by atoms with E-state index in [0.717, 1.165) is 13.0 Å². The Morgan fingerprint density at radius 1 is 1.03 bits per heavy atom. The van der Waals surface area contributed by atoms with Crippen LogP contribution >= 0.6 is 0 Å². The van der Waals surface area contributed by atoms with Gasteiger partial charge in [0.25, 0.3) is 0 Å². The van der Waals surface area contributed by atoms with Crippen molar-refractivity contribution in [2.24, 2.45) is 5.92 Å². The highest BCUT2D eigenvalue weighted by Gasteiger charge is 2.31. The lowest BCUT2D eigenvalue weighted by Crippen LogP contribution is -2.57. The number of carbonyl (C=O) groups is 4. The molecule has 1 aliphatic heterocycles. The quantitative estimate of drug-likeness (QED) is 0.292. The fourth-order valence-corrected chi connectivity index (χ4v) is 3.43. The zero-order chi connectivity index (χ0) is 23.8. The van der Waals surface area contributed by atoms with Gasteiger partial charge < -0.3 is 31.5 Å². The van der Waals surface area contributed by atoms with Crippen LogP contribution in [0, 0.1) is 5.92 Å². The number of hydrogen-bond donors (Lipinski definition) is 6. The molecule has 0 aromatic heterocycles. The van der Waals surface area contributed by atoms with Crippen LogP contribution in [0.2, 0.25) is 0 Å². The van der Waals surface area contributed by atoms with Crippen molar-refractivity contribution in [3.8, 4) is 5.75 Å². The average Bonchev–Trinajstić information content (AvgIpc) is 3.27. The number of benzene rings is 1. The highest BCUT2D eigenvalue weighted by atomic mass is 16.4. The monoisotopic (exact) mass is 448 g/mol. The summed E-state index contributed by atoms with van der Waals surface area (Å²) in [6.45, 7) is 5.60. The third-order valence-electron chi connectivity index (χ3n) is 5.37. The number of amides is 3. The summed E-state index contributed by atoms with van der Waals surface area (Å²) in [5, 5.41) is 29.7. The Kier molecular flexibility index (Phi) is 9.01. The zero-order valence-electron chi connectivity index (χ0n) is 18.6. The molecule has 0 radical (unpaired) electrons. The number of phenolic OH excluding ortho intramolecular Hbond substituents is 1. The molecular weight excluding hydrogens is 416 g/mol. The first-order valence-corrected chi connectivity index (χ1v) is 10.7. The van der Waals surface area contributed by atoms with Crippen LogP contribution in [0.1, 0.15) is 39.2 Å². The van der Waals surface area contributed by atoms with E-state index in [1.165, 1.54) is 19.1 Å². The molecule has 1 heterocycles. The van der Waals surface area contributed by atoms with Crippen molar-refractivity contribution in [3.05, 3.63) is 29.8 Å². The van der Waals surface area contributed by atoms with Gasteiger partial charge in [-0.1, -0.05) is 26.0 Å². The van der Waals surface area contributed by atoms with Crippen molar-refractivity contribution in [1.29, 1.82) is 0 Å². The molecule has 1 aromatic rings. The predicted molar refractivity (Wildman–Crippen MR) is 117 cm³/mol. The second kappa shape index (κ2) is 11.5. The third-order valence-corrected chi connectivity index (χ3v) is 5.37. The van der Waals surface area contributed by atoms with Gasteiger partial charge >= 0.3 is 5.97 Å². The van der Waals surface area contributed by atoms with Gasteiger partial charge in [-0.3, -0.25) is 14.4 Å². The fourth-order valence-electron chi connectivity index (χ4n) is 3.43. The molecule has 2 rings (SSSR count). The molecule has 0 aliphatic carbocycles. The number of nitrogens with one attached hydrogen (secondary N) is 4. The van der Waals surface area contributed by atoms with Crippen molar-refractivity contribution in [2.45, 2.75) is 64.2 Å². The third kappa shape index (κ3) is 7.23. The minimum Gasteiger partial charge on any atom is -0.508 e. The van der Waals surface area contributed by atoms with Gasteiger partial charge in [0.2, 0.25) is 17.7 Å². The van der Waals surface area contributed by atoms with Gasteiger partial charge in [0, 0.05) is 6.42 Å². The molecule has 0 bridgehead atoms. The summed E-state index contributed by atoms with van der Waals surface area (Å²) >= 11 is 0. The smallest absolute Gasteiger partial charge is 0.326 e. The summed E-state index contributed by atoms with van der Waals surface area (Å²) in [6, 6.07) is 2.70. The van der Waals surface area contributed by atoms with Crippen LogP contribution in [0.4, 0.5) is 0 Å². The van der Waals surface area contributed by atoms with E-state index in [1.807, 2.05) is 0 Å². The van der Waals surface area contributed by atoms with Crippen LogP contribution in [0.25, 0.3) is 0 Å². The van der Waals surface area contributed by atoms with Crippen LogP contribution in [0.5, 0.6) is 5.75 Å². The van der Waals surface area contributed by atoms with E-state index in [1.54, 1.807) is 26.0 Å². The lowest BCUT2D eigenvalue weighted by atomic mass is 10.0. The summed E-state index contributed by atoms with van der Waals surface area (Å²) < 4.78 is 0. The Hall–Kier alpha value is -3.14. The van der Waals surface area contributed by atoms with Crippen LogP contribution < -0.4 is 21.3 Å². The summed E-state index contributed by atoms with van der Waals surface area (Å²) in [4.78, 5) is 49.4. The molecular formula is C22H32N4O6. The molecule has 32 heavy (non-hydrogen) atoms. The van der Waals surface area contributed by atoms with E-state index in [-0.39, 0.29) is 30.0 Å². The van der Waals surface area contributed by atoms with Crippen LogP contribution in [-0.4, -0.2) is 64.6 Å². The largest absolute Gasteiger partial charge is 0.508 e. The molecule has 176 valence electrons. The summed E-state index contributed by atoms with van der Waals surface area (Å²) in [7, 11) is 0. The number of hydrogen-bond acceptors (Lipinski definition) is 6. The molecule has 0 saturated carbocycles. The van der Waals surface area contributed by atoms with E-state index in [0.29, 0.717) is 12.0 Å². The number of aromatic hydroxyl groups is 1. The standard InChI is InChI=1S/C22H32N4O6/c1-12(2)18(22(31)32)26-21(30)17(11-14-6-8-15(27)9-7-14)25-19(28)13(3)24-20(29)16-5-4-10-23-16/h6-9,12-13,16-18,23,27H,4-5,10-11H2,1-3H3,(H,24,29)(H,25,28)(H,26,30)(H,31,32). The maximum absolute atomic E-state index is 12.9. The molecule has 10 heteroatoms. The second-order valence-corrected chi connectivity index (χ2v) is 8.38. The lowest BCUT2D eigenvalue weighted by Gasteiger charge is -2.25. The Bertz CT molecular complexity index is 820. The summed E-state index contributed by atoms with van der Waals surface area (Å²) in [6.07, 6.45) is 1.65. The number of carboxylic acids is 1. The van der Waals surface area contributed by atoms with E-state index in [9.17, 15) is 29.4 Å². The SMILES string of the molecule is CC(NC(=O)C1CCCN1)C(=O)NC(Cc1ccc(O)cc1)C(=O)NC(C(=O)O)C(C)C. The summed E-state index contributed by atoms with van der Waals surface area (Å²) in [5.74, 6) is -2.97. The Balaban J connectivity index is 2.10. The molecule has 1 saturated heterocycles. The number of carbonyl (C=O) groups excluding carboxylic acids is 3. The molecule has 0 spiro atoms. The van der Waals surface area contributed by atoms with Crippen LogP contribution in [0.3, 0.4) is 0 Å². The summed E-state index contributed by atoms with van der Waals surface area (Å²) in [5.41, 5.74) is 0.659. The van der Waals surface area contributed by atoms with Crippen molar-refractivity contribution in [3.63, 3.8) is 0 Å². The Labute approximate surface area is 187 Å². The zero-order valence-corrected chi connectivity index (χ0v) is 18.6. The first kappa shape index (κ1) is 25.1. The molecule has 1 aliphatic rings. The molecule has 3 amide bonds. The normalized spacial score (nSPS) is 18.4. The maximum Gasteiger partial charge on any atom is 0.326 e. The molecule has 1 aromatic carbocycles. The van der Waals surface area contributed by atoms with Crippen LogP contribution in [0.15, 0.2) is 24.3 Å². The highest BCUT2D eigenvalue weighted by Crippen LogP contribution is 2.12. The van der Waals surface area contributed by atoms with Gasteiger partial charge in [-0.2, -0.15) is 0 Å². The topological polar surface area (TPSA) is 157 Å². The molecule has 1 fully saturated rings. The minimum absolute atomic E-state index is 0.0568. The van der Waals surface area contributed by atoms with Crippen molar-refractivity contribution in [2.75, 3.05) is 6.54 Å². The van der Waals surface area contributed by atoms with Crippen LogP contribution in [-0.2, 0) is 25.6 Å². The van der Waals surface area contributed by atoms with Gasteiger partial charge in [0.15, 0.2) is 0 Å². The van der Waals surface area contributed by atoms with Gasteiger partial charge in [-0.15, -0.1) is 0 Å². The van der Waals surface area contributed by atoms with Crippen molar-refractivity contribution in [1.82, 2.24) is 21.3 Å². The lowest BCUT2D eigenvalue weighted by molar-refractivity contribution is -0.143. The van der Waals surface area contributed by atoms with E-state index >= 15 is 0 Å². The molecule has 4 atom stereocenters. The van der Waals surface area contributed by atoms with E-state index in [4.69, 9.17) is 0 Å². The minimum atomic E-state index is -1.17. The van der Waals surface area contributed by atoms with E-state index in [2.05, 4.69) is 21.3 Å². The van der Waals surface area contributed by atoms with E-state index < -0.39 is 35.9 Å². The maximum atomic E-state index is 12.9. The fraction of sp³-hybridized carbons (Fsp3) is 0.545. The number of carboxylic acid groups (broad SMARTS) is 1. The van der Waals surface area contributed by atoms with Gasteiger partial charge in [-0.05, 0) is 49.9 Å². The van der Waals surface area contributed by atoms with Crippen molar-refractivity contribution >= 4 is 23.7 Å². The first-order valence-electron chi connectivity index (χ1n) is 10.7. The Morgan fingerprint density at radius 3 is 2.22 bits per heavy atom.